The Hall–Kier alpha value is -2.13. The monoisotopic (exact) mass is 362 g/mol. The number of hydrogen-bond donors (Lipinski definition) is 1. The molecule has 3 nitrogen and oxygen atoms in total. The van der Waals surface area contributed by atoms with Gasteiger partial charge in [0, 0.05) is 24.3 Å². The second kappa shape index (κ2) is 7.12. The molecule has 0 atom stereocenters. The number of para-hydroxylation sites is 1. The third-order valence-corrected chi connectivity index (χ3v) is 5.99. The van der Waals surface area contributed by atoms with Gasteiger partial charge < -0.3 is 10.1 Å². The minimum atomic E-state index is 0.0952. The zero-order valence-electron chi connectivity index (χ0n) is 16.7. The Balaban J connectivity index is 1.60. The molecule has 3 heteroatoms. The topological polar surface area (TPSA) is 33.6 Å². The van der Waals surface area contributed by atoms with Crippen molar-refractivity contribution in [2.24, 2.45) is 10.4 Å². The van der Waals surface area contributed by atoms with Gasteiger partial charge in [0.1, 0.15) is 5.84 Å². The van der Waals surface area contributed by atoms with E-state index in [1.807, 2.05) is 0 Å². The number of aliphatic imine (C=N–C) groups is 1. The molecule has 2 aromatic rings. The smallest absolute Gasteiger partial charge is 0.108 e. The number of rotatable bonds is 2. The molecule has 2 aliphatic rings. The summed E-state index contributed by atoms with van der Waals surface area (Å²) in [6.07, 6.45) is 3.13. The van der Waals surface area contributed by atoms with Crippen molar-refractivity contribution in [3.8, 4) is 0 Å². The fraction of sp³-hybridized carbons (Fsp3) is 0.458. The van der Waals surface area contributed by atoms with E-state index in [0.29, 0.717) is 0 Å². The lowest BCUT2D eigenvalue weighted by Crippen LogP contribution is -2.45. The average molecular weight is 363 g/mol. The summed E-state index contributed by atoms with van der Waals surface area (Å²) in [5.41, 5.74) is 5.51. The third kappa shape index (κ3) is 3.79. The molecule has 142 valence electrons. The second-order valence-electron chi connectivity index (χ2n) is 8.96. The maximum absolute atomic E-state index is 5.66. The average Bonchev–Trinajstić information content (AvgIpc) is 2.66. The number of hydrogen-bond acceptors (Lipinski definition) is 2. The van der Waals surface area contributed by atoms with Crippen molar-refractivity contribution in [1.29, 1.82) is 0 Å². The van der Waals surface area contributed by atoms with Crippen molar-refractivity contribution >= 4 is 11.5 Å². The Labute approximate surface area is 162 Å². The molecule has 0 saturated carbocycles. The van der Waals surface area contributed by atoms with Crippen LogP contribution in [0.2, 0.25) is 0 Å². The molecule has 0 amide bonds. The van der Waals surface area contributed by atoms with Crippen LogP contribution in [0.5, 0.6) is 0 Å². The largest absolute Gasteiger partial charge is 0.381 e. The number of amidine groups is 1. The molecule has 1 fully saturated rings. The van der Waals surface area contributed by atoms with Crippen LogP contribution in [-0.4, -0.2) is 19.0 Å². The molecular weight excluding hydrogens is 332 g/mol. The molecule has 1 saturated heterocycles. The molecule has 2 aromatic carbocycles. The lowest BCUT2D eigenvalue weighted by atomic mass is 9.71. The standard InChI is InChI=1S/C24H30N2O/c1-23(2,3)20-10-8-18(9-11-20)17-25-22-24(12-14-27-15-13-24)16-19-6-4-5-7-21(19)26-22/h4-11H,12-17H2,1-3H3,(H,25,26). The first-order valence-electron chi connectivity index (χ1n) is 10.0. The molecule has 0 aromatic heterocycles. The quantitative estimate of drug-likeness (QED) is 0.781. The molecule has 2 heterocycles. The van der Waals surface area contributed by atoms with Gasteiger partial charge in [-0.1, -0.05) is 63.2 Å². The van der Waals surface area contributed by atoms with Crippen LogP contribution >= 0.6 is 0 Å². The summed E-state index contributed by atoms with van der Waals surface area (Å²) in [6, 6.07) is 17.5. The van der Waals surface area contributed by atoms with E-state index >= 15 is 0 Å². The molecule has 27 heavy (non-hydrogen) atoms. The van der Waals surface area contributed by atoms with Crippen molar-refractivity contribution < 1.29 is 4.74 Å². The van der Waals surface area contributed by atoms with Gasteiger partial charge in [-0.2, -0.15) is 0 Å². The van der Waals surface area contributed by atoms with Crippen molar-refractivity contribution in [3.05, 3.63) is 65.2 Å². The third-order valence-electron chi connectivity index (χ3n) is 5.99. The van der Waals surface area contributed by atoms with E-state index in [1.54, 1.807) is 0 Å². The number of ether oxygens (including phenoxy) is 1. The molecule has 0 unspecified atom stereocenters. The van der Waals surface area contributed by atoms with Crippen molar-refractivity contribution in [2.45, 2.75) is 52.0 Å². The van der Waals surface area contributed by atoms with Gasteiger partial charge in [-0.3, -0.25) is 4.99 Å². The predicted molar refractivity (Wildman–Crippen MR) is 113 cm³/mol. The van der Waals surface area contributed by atoms with Crippen molar-refractivity contribution in [3.63, 3.8) is 0 Å². The van der Waals surface area contributed by atoms with Crippen LogP contribution < -0.4 is 5.32 Å². The second-order valence-corrected chi connectivity index (χ2v) is 8.96. The number of fused-ring (bicyclic) bond motifs is 1. The minimum Gasteiger partial charge on any atom is -0.381 e. The molecule has 1 N–H and O–H groups in total. The van der Waals surface area contributed by atoms with Gasteiger partial charge in [-0.15, -0.1) is 0 Å². The zero-order valence-corrected chi connectivity index (χ0v) is 16.7. The highest BCUT2D eigenvalue weighted by Gasteiger charge is 2.41. The summed E-state index contributed by atoms with van der Waals surface area (Å²) in [4.78, 5) is 5.07. The maximum atomic E-state index is 5.66. The molecule has 2 aliphatic heterocycles. The van der Waals surface area contributed by atoms with Crippen LogP contribution in [-0.2, 0) is 23.1 Å². The van der Waals surface area contributed by atoms with Crippen LogP contribution in [0.25, 0.3) is 0 Å². The first-order chi connectivity index (χ1) is 13.0. The number of nitrogens with zero attached hydrogens (tertiary/aromatic N) is 1. The fourth-order valence-electron chi connectivity index (χ4n) is 4.17. The van der Waals surface area contributed by atoms with Gasteiger partial charge in [-0.25, -0.2) is 0 Å². The summed E-state index contributed by atoms with van der Waals surface area (Å²) >= 11 is 0. The number of nitrogens with one attached hydrogen (secondary N) is 1. The minimum absolute atomic E-state index is 0.0952. The molecule has 1 spiro atoms. The van der Waals surface area contributed by atoms with Gasteiger partial charge >= 0.3 is 0 Å². The summed E-state index contributed by atoms with van der Waals surface area (Å²) in [6.45, 7) is 9.12. The fourth-order valence-corrected chi connectivity index (χ4v) is 4.17. The summed E-state index contributed by atoms with van der Waals surface area (Å²) in [7, 11) is 0. The highest BCUT2D eigenvalue weighted by Crippen LogP contribution is 2.41. The normalized spacial score (nSPS) is 20.3. The van der Waals surface area contributed by atoms with E-state index in [0.717, 1.165) is 44.9 Å². The lowest BCUT2D eigenvalue weighted by Gasteiger charge is -2.42. The highest BCUT2D eigenvalue weighted by atomic mass is 16.5. The first-order valence-corrected chi connectivity index (χ1v) is 10.0. The van der Waals surface area contributed by atoms with Gasteiger partial charge in [0.15, 0.2) is 0 Å². The van der Waals surface area contributed by atoms with E-state index in [1.165, 1.54) is 22.4 Å². The van der Waals surface area contributed by atoms with Crippen molar-refractivity contribution in [2.75, 3.05) is 18.5 Å². The summed E-state index contributed by atoms with van der Waals surface area (Å²) < 4.78 is 5.66. The Bertz CT molecular complexity index is 824. The summed E-state index contributed by atoms with van der Waals surface area (Å²) in [5, 5.41) is 3.66. The van der Waals surface area contributed by atoms with E-state index in [-0.39, 0.29) is 10.8 Å². The van der Waals surface area contributed by atoms with Crippen LogP contribution in [0.15, 0.2) is 53.5 Å². The lowest BCUT2D eigenvalue weighted by molar-refractivity contribution is 0.0448. The Morgan fingerprint density at radius 2 is 1.70 bits per heavy atom. The van der Waals surface area contributed by atoms with Crippen LogP contribution in [0, 0.1) is 5.41 Å². The highest BCUT2D eigenvalue weighted by molar-refractivity contribution is 6.02. The molecule has 0 bridgehead atoms. The predicted octanol–water partition coefficient (Wildman–Crippen LogP) is 5.35. The Morgan fingerprint density at radius 1 is 1.00 bits per heavy atom. The molecule has 4 rings (SSSR count). The molecule has 0 aliphatic carbocycles. The zero-order chi connectivity index (χ0) is 18.9. The van der Waals surface area contributed by atoms with E-state index in [2.05, 4.69) is 74.6 Å². The van der Waals surface area contributed by atoms with Gasteiger partial charge in [0.25, 0.3) is 0 Å². The van der Waals surface area contributed by atoms with Gasteiger partial charge in [0.05, 0.1) is 6.54 Å². The van der Waals surface area contributed by atoms with E-state index in [4.69, 9.17) is 9.73 Å². The van der Waals surface area contributed by atoms with E-state index in [9.17, 15) is 0 Å². The summed E-state index contributed by atoms with van der Waals surface area (Å²) in [5.74, 6) is 1.14. The van der Waals surface area contributed by atoms with Crippen LogP contribution in [0.3, 0.4) is 0 Å². The first kappa shape index (κ1) is 18.2. The number of anilines is 1. The van der Waals surface area contributed by atoms with Crippen LogP contribution in [0.1, 0.15) is 50.3 Å². The van der Waals surface area contributed by atoms with Gasteiger partial charge in [-0.05, 0) is 47.4 Å². The van der Waals surface area contributed by atoms with Crippen molar-refractivity contribution in [1.82, 2.24) is 0 Å². The number of benzene rings is 2. The van der Waals surface area contributed by atoms with Gasteiger partial charge in [0.2, 0.25) is 0 Å². The Morgan fingerprint density at radius 3 is 2.41 bits per heavy atom. The Kier molecular flexibility index (Phi) is 4.81. The SMILES string of the molecule is CC(C)(C)c1ccc(CN=C2Nc3ccccc3CC23CCOCC3)cc1. The molecule has 0 radical (unpaired) electrons. The van der Waals surface area contributed by atoms with E-state index < -0.39 is 0 Å². The van der Waals surface area contributed by atoms with Crippen LogP contribution in [0.4, 0.5) is 5.69 Å². The maximum Gasteiger partial charge on any atom is 0.108 e. The molecular formula is C24H30N2O.